The summed E-state index contributed by atoms with van der Waals surface area (Å²) in [5, 5.41) is 4.07. The summed E-state index contributed by atoms with van der Waals surface area (Å²) < 4.78 is 2.13. The predicted octanol–water partition coefficient (Wildman–Crippen LogP) is 3.89. The number of halogens is 1. The minimum atomic E-state index is 0.161. The lowest BCUT2D eigenvalue weighted by atomic mass is 10.1. The van der Waals surface area contributed by atoms with Crippen LogP contribution in [0.3, 0.4) is 0 Å². The van der Waals surface area contributed by atoms with Gasteiger partial charge in [-0.15, -0.1) is 0 Å². The van der Waals surface area contributed by atoms with Crippen molar-refractivity contribution in [2.75, 3.05) is 11.9 Å². The minimum Gasteiger partial charge on any atom is -0.356 e. The van der Waals surface area contributed by atoms with E-state index >= 15 is 0 Å². The van der Waals surface area contributed by atoms with E-state index in [1.807, 2.05) is 31.3 Å². The van der Waals surface area contributed by atoms with Crippen molar-refractivity contribution in [1.29, 1.82) is 0 Å². The molecule has 96 valence electrons. The maximum Gasteiger partial charge on any atom is 0.203 e. The van der Waals surface area contributed by atoms with Gasteiger partial charge in [-0.25, -0.2) is 4.98 Å². The van der Waals surface area contributed by atoms with Gasteiger partial charge in [0, 0.05) is 17.8 Å². The monoisotopic (exact) mass is 263 g/mol. The molecule has 2 aromatic rings. The second-order valence-electron chi connectivity index (χ2n) is 4.34. The molecule has 18 heavy (non-hydrogen) atoms. The van der Waals surface area contributed by atoms with E-state index in [4.69, 9.17) is 11.6 Å². The van der Waals surface area contributed by atoms with Gasteiger partial charge in [-0.2, -0.15) is 0 Å². The summed E-state index contributed by atoms with van der Waals surface area (Å²) in [6.45, 7) is 7.04. The highest BCUT2D eigenvalue weighted by Crippen LogP contribution is 2.28. The van der Waals surface area contributed by atoms with Crippen molar-refractivity contribution in [3.63, 3.8) is 0 Å². The fraction of sp³-hybridized carbons (Fsp3) is 0.357. The van der Waals surface area contributed by atoms with Gasteiger partial charge in [0.25, 0.3) is 0 Å². The van der Waals surface area contributed by atoms with Crippen molar-refractivity contribution in [2.45, 2.75) is 26.8 Å². The van der Waals surface area contributed by atoms with E-state index in [9.17, 15) is 0 Å². The van der Waals surface area contributed by atoms with Crippen molar-refractivity contribution in [1.82, 2.24) is 9.55 Å². The van der Waals surface area contributed by atoms with Crippen LogP contribution in [0.2, 0.25) is 5.02 Å². The molecule has 0 aliphatic rings. The first-order valence-corrected chi connectivity index (χ1v) is 6.55. The molecule has 4 heteroatoms. The lowest BCUT2D eigenvalue weighted by Crippen LogP contribution is -2.11. The Morgan fingerprint density at radius 3 is 2.78 bits per heavy atom. The molecule has 0 bridgehead atoms. The van der Waals surface area contributed by atoms with Crippen molar-refractivity contribution in [3.05, 3.63) is 46.7 Å². The Morgan fingerprint density at radius 1 is 1.39 bits per heavy atom. The fourth-order valence-corrected chi connectivity index (χ4v) is 2.36. The summed E-state index contributed by atoms with van der Waals surface area (Å²) in [6.07, 6.45) is 2.05. The average molecular weight is 264 g/mol. The zero-order valence-electron chi connectivity index (χ0n) is 10.9. The molecule has 1 aromatic heterocycles. The quantitative estimate of drug-likeness (QED) is 0.907. The normalized spacial score (nSPS) is 12.4. The summed E-state index contributed by atoms with van der Waals surface area (Å²) in [6, 6.07) is 8.09. The molecule has 0 fully saturated rings. The Morgan fingerprint density at radius 2 is 2.11 bits per heavy atom. The third-order valence-corrected chi connectivity index (χ3v) is 3.30. The molecule has 1 heterocycles. The topological polar surface area (TPSA) is 29.9 Å². The standard InChI is InChI=1S/C14H18ClN3/c1-4-16-14-17-10(2)9-18(14)11(3)12-7-5-6-8-13(12)15/h5-9,11H,4H2,1-3H3,(H,16,17). The molecule has 1 aromatic carbocycles. The van der Waals surface area contributed by atoms with Gasteiger partial charge in [0.1, 0.15) is 0 Å². The van der Waals surface area contributed by atoms with Gasteiger partial charge >= 0.3 is 0 Å². The molecule has 0 spiro atoms. The highest BCUT2D eigenvalue weighted by atomic mass is 35.5. The first kappa shape index (κ1) is 13.0. The van der Waals surface area contributed by atoms with Gasteiger partial charge in [-0.3, -0.25) is 0 Å². The van der Waals surface area contributed by atoms with Crippen molar-refractivity contribution >= 4 is 17.5 Å². The molecular weight excluding hydrogens is 246 g/mol. The lowest BCUT2D eigenvalue weighted by molar-refractivity contribution is 0.644. The zero-order valence-corrected chi connectivity index (χ0v) is 11.7. The van der Waals surface area contributed by atoms with Gasteiger partial charge in [0.2, 0.25) is 5.95 Å². The van der Waals surface area contributed by atoms with Crippen molar-refractivity contribution in [3.8, 4) is 0 Å². The average Bonchev–Trinajstić information content (AvgIpc) is 2.71. The smallest absolute Gasteiger partial charge is 0.203 e. The second kappa shape index (κ2) is 5.44. The van der Waals surface area contributed by atoms with Crippen LogP contribution in [0.1, 0.15) is 31.1 Å². The van der Waals surface area contributed by atoms with Gasteiger partial charge in [-0.05, 0) is 32.4 Å². The van der Waals surface area contributed by atoms with Gasteiger partial charge in [0.05, 0.1) is 11.7 Å². The Bertz CT molecular complexity index is 534. The third kappa shape index (κ3) is 2.51. The molecule has 0 aliphatic carbocycles. The Hall–Kier alpha value is -1.48. The second-order valence-corrected chi connectivity index (χ2v) is 4.75. The van der Waals surface area contributed by atoms with Crippen LogP contribution >= 0.6 is 11.6 Å². The molecule has 3 nitrogen and oxygen atoms in total. The van der Waals surface area contributed by atoms with Crippen molar-refractivity contribution < 1.29 is 0 Å². The summed E-state index contributed by atoms with van der Waals surface area (Å²) in [5.74, 6) is 0.891. The maximum absolute atomic E-state index is 6.25. The lowest BCUT2D eigenvalue weighted by Gasteiger charge is -2.18. The third-order valence-electron chi connectivity index (χ3n) is 2.96. The van der Waals surface area contributed by atoms with Crippen LogP contribution in [-0.4, -0.2) is 16.1 Å². The number of hydrogen-bond acceptors (Lipinski definition) is 2. The molecule has 2 rings (SSSR count). The number of imidazole rings is 1. The molecule has 0 aliphatic heterocycles. The van der Waals surface area contributed by atoms with Gasteiger partial charge < -0.3 is 9.88 Å². The van der Waals surface area contributed by atoms with Gasteiger partial charge in [0.15, 0.2) is 0 Å². The molecule has 1 N–H and O–H groups in total. The number of aromatic nitrogens is 2. The van der Waals surface area contributed by atoms with Crippen LogP contribution in [0, 0.1) is 6.92 Å². The van der Waals surface area contributed by atoms with E-state index in [2.05, 4.69) is 34.8 Å². The van der Waals surface area contributed by atoms with Crippen molar-refractivity contribution in [2.24, 2.45) is 0 Å². The molecule has 1 unspecified atom stereocenters. The summed E-state index contributed by atoms with van der Waals surface area (Å²) in [7, 11) is 0. The summed E-state index contributed by atoms with van der Waals surface area (Å²) in [4.78, 5) is 4.49. The maximum atomic E-state index is 6.25. The van der Waals surface area contributed by atoms with Crippen LogP contribution in [0.5, 0.6) is 0 Å². The van der Waals surface area contributed by atoms with E-state index < -0.39 is 0 Å². The number of nitrogens with zero attached hydrogens (tertiary/aromatic N) is 2. The van der Waals surface area contributed by atoms with Crippen LogP contribution in [0.4, 0.5) is 5.95 Å². The number of anilines is 1. The Kier molecular flexibility index (Phi) is 3.92. The fourth-order valence-electron chi connectivity index (χ4n) is 2.06. The van der Waals surface area contributed by atoms with Gasteiger partial charge in [-0.1, -0.05) is 29.8 Å². The highest BCUT2D eigenvalue weighted by Gasteiger charge is 2.15. The largest absolute Gasteiger partial charge is 0.356 e. The first-order chi connectivity index (χ1) is 8.63. The van der Waals surface area contributed by atoms with Crippen LogP contribution < -0.4 is 5.32 Å². The predicted molar refractivity (Wildman–Crippen MR) is 76.4 cm³/mol. The number of hydrogen-bond donors (Lipinski definition) is 1. The molecule has 0 saturated heterocycles. The number of rotatable bonds is 4. The SMILES string of the molecule is CCNc1nc(C)cn1C(C)c1ccccc1Cl. The number of nitrogens with one attached hydrogen (secondary N) is 1. The number of aryl methyl sites for hydroxylation is 1. The van der Waals surface area contributed by atoms with E-state index in [1.165, 1.54) is 0 Å². The molecular formula is C14H18ClN3. The van der Waals surface area contributed by atoms with E-state index in [0.717, 1.165) is 28.8 Å². The number of benzene rings is 1. The molecule has 0 radical (unpaired) electrons. The first-order valence-electron chi connectivity index (χ1n) is 6.17. The van der Waals surface area contributed by atoms with E-state index in [-0.39, 0.29) is 6.04 Å². The molecule has 1 atom stereocenters. The van der Waals surface area contributed by atoms with E-state index in [1.54, 1.807) is 0 Å². The summed E-state index contributed by atoms with van der Waals surface area (Å²) >= 11 is 6.25. The van der Waals surface area contributed by atoms with Crippen LogP contribution in [0.15, 0.2) is 30.5 Å². The molecule has 0 saturated carbocycles. The summed E-state index contributed by atoms with van der Waals surface area (Å²) in [5.41, 5.74) is 2.11. The minimum absolute atomic E-state index is 0.161. The highest BCUT2D eigenvalue weighted by molar-refractivity contribution is 6.31. The zero-order chi connectivity index (χ0) is 13.1. The van der Waals surface area contributed by atoms with E-state index in [0.29, 0.717) is 0 Å². The van der Waals surface area contributed by atoms with Crippen LogP contribution in [-0.2, 0) is 0 Å². The Labute approximate surface area is 113 Å². The molecule has 0 amide bonds. The van der Waals surface area contributed by atoms with Crippen LogP contribution in [0.25, 0.3) is 0 Å². The Balaban J connectivity index is 2.39.